The maximum Gasteiger partial charge on any atom is 0.308 e. The Labute approximate surface area is 110 Å². The lowest BCUT2D eigenvalue weighted by Gasteiger charge is -2.16. The molecule has 0 bridgehead atoms. The lowest BCUT2D eigenvalue weighted by Crippen LogP contribution is -2.30. The van der Waals surface area contributed by atoms with E-state index in [-0.39, 0.29) is 5.91 Å². The fourth-order valence-corrected chi connectivity index (χ4v) is 3.26. The van der Waals surface area contributed by atoms with Crippen LogP contribution in [-0.4, -0.2) is 35.0 Å². The smallest absolute Gasteiger partial charge is 0.308 e. The number of likely N-dealkylation sites (tertiary alicyclic amines) is 1. The number of amides is 1. The second-order valence-corrected chi connectivity index (χ2v) is 5.85. The van der Waals surface area contributed by atoms with Gasteiger partial charge in [-0.05, 0) is 29.3 Å². The van der Waals surface area contributed by atoms with E-state index in [1.165, 1.54) is 11.3 Å². The van der Waals surface area contributed by atoms with Gasteiger partial charge in [0.25, 0.3) is 5.91 Å². The van der Waals surface area contributed by atoms with Crippen molar-refractivity contribution in [2.75, 3.05) is 13.1 Å². The molecule has 5 heteroatoms. The summed E-state index contributed by atoms with van der Waals surface area (Å²) in [5.41, 5.74) is 1.06. The van der Waals surface area contributed by atoms with Crippen LogP contribution in [0, 0.1) is 5.92 Å². The number of carbonyl (C=O) groups excluding carboxylic acids is 1. The predicted octanol–water partition coefficient (Wildman–Crippen LogP) is 2.42. The molecule has 98 valence electrons. The molecule has 2 heterocycles. The van der Waals surface area contributed by atoms with Crippen molar-refractivity contribution in [3.63, 3.8) is 0 Å². The van der Waals surface area contributed by atoms with E-state index in [1.54, 1.807) is 4.90 Å². The molecule has 18 heavy (non-hydrogen) atoms. The minimum atomic E-state index is -0.805. The molecule has 0 saturated carbocycles. The zero-order valence-corrected chi connectivity index (χ0v) is 11.4. The summed E-state index contributed by atoms with van der Waals surface area (Å²) in [5.74, 6) is -0.914. The van der Waals surface area contributed by atoms with E-state index >= 15 is 0 Å². The number of carbonyl (C=O) groups is 2. The van der Waals surface area contributed by atoms with Gasteiger partial charge < -0.3 is 10.0 Å². The highest BCUT2D eigenvalue weighted by atomic mass is 32.1. The minimum Gasteiger partial charge on any atom is -0.481 e. The Bertz CT molecular complexity index is 467. The van der Waals surface area contributed by atoms with Gasteiger partial charge in [0.1, 0.15) is 0 Å². The van der Waals surface area contributed by atoms with Gasteiger partial charge in [-0.3, -0.25) is 9.59 Å². The average molecular weight is 267 g/mol. The van der Waals surface area contributed by atoms with Crippen molar-refractivity contribution in [2.24, 2.45) is 5.92 Å². The van der Waals surface area contributed by atoms with E-state index in [2.05, 4.69) is 13.8 Å². The molecule has 0 aromatic carbocycles. The van der Waals surface area contributed by atoms with Crippen LogP contribution in [0.5, 0.6) is 0 Å². The number of hydrogen-bond donors (Lipinski definition) is 1. The highest BCUT2D eigenvalue weighted by Crippen LogP contribution is 2.28. The van der Waals surface area contributed by atoms with E-state index in [0.29, 0.717) is 25.4 Å². The predicted molar refractivity (Wildman–Crippen MR) is 70.1 cm³/mol. The second kappa shape index (κ2) is 5.10. The molecule has 1 fully saturated rings. The maximum atomic E-state index is 12.3. The standard InChI is InChI=1S/C13H17NO3S/c1-8(2)10-4-6-18-11(10)12(15)14-5-3-9(7-14)13(16)17/h4,6,8-9H,3,5,7H2,1-2H3,(H,16,17)/t9-/m1/s1. The van der Waals surface area contributed by atoms with Gasteiger partial charge in [-0.25, -0.2) is 0 Å². The molecule has 4 nitrogen and oxygen atoms in total. The number of aliphatic carboxylic acids is 1. The van der Waals surface area contributed by atoms with Gasteiger partial charge >= 0.3 is 5.97 Å². The molecule has 1 aromatic heterocycles. The first-order chi connectivity index (χ1) is 8.50. The van der Waals surface area contributed by atoms with Crippen molar-refractivity contribution < 1.29 is 14.7 Å². The quantitative estimate of drug-likeness (QED) is 0.915. The van der Waals surface area contributed by atoms with Gasteiger partial charge in [-0.1, -0.05) is 13.8 Å². The Hall–Kier alpha value is -1.36. The average Bonchev–Trinajstić information content (AvgIpc) is 2.97. The molecule has 0 spiro atoms. The third kappa shape index (κ3) is 2.41. The molecule has 1 amide bonds. The second-order valence-electron chi connectivity index (χ2n) is 4.93. The Kier molecular flexibility index (Phi) is 3.71. The molecule has 2 rings (SSSR count). The number of thiophene rings is 1. The fraction of sp³-hybridized carbons (Fsp3) is 0.538. The van der Waals surface area contributed by atoms with Crippen molar-refractivity contribution in [1.82, 2.24) is 4.90 Å². The summed E-state index contributed by atoms with van der Waals surface area (Å²) in [6, 6.07) is 1.98. The lowest BCUT2D eigenvalue weighted by molar-refractivity contribution is -0.141. The molecule has 1 aromatic rings. The first-order valence-electron chi connectivity index (χ1n) is 6.10. The first-order valence-corrected chi connectivity index (χ1v) is 6.98. The van der Waals surface area contributed by atoms with Crippen LogP contribution in [-0.2, 0) is 4.79 Å². The Morgan fingerprint density at radius 2 is 2.22 bits per heavy atom. The monoisotopic (exact) mass is 267 g/mol. The van der Waals surface area contributed by atoms with E-state index < -0.39 is 11.9 Å². The van der Waals surface area contributed by atoms with Crippen molar-refractivity contribution in [3.8, 4) is 0 Å². The van der Waals surface area contributed by atoms with E-state index in [0.717, 1.165) is 10.4 Å². The van der Waals surface area contributed by atoms with E-state index in [9.17, 15) is 9.59 Å². The number of rotatable bonds is 3. The van der Waals surface area contributed by atoms with Gasteiger partial charge in [0.05, 0.1) is 10.8 Å². The molecule has 0 radical (unpaired) electrons. The summed E-state index contributed by atoms with van der Waals surface area (Å²) in [7, 11) is 0. The summed E-state index contributed by atoms with van der Waals surface area (Å²) in [4.78, 5) is 25.7. The summed E-state index contributed by atoms with van der Waals surface area (Å²) in [6.07, 6.45) is 0.559. The van der Waals surface area contributed by atoms with Gasteiger partial charge in [0.15, 0.2) is 0 Å². The van der Waals surface area contributed by atoms with Crippen LogP contribution in [0.3, 0.4) is 0 Å². The van der Waals surface area contributed by atoms with Crippen molar-refractivity contribution in [2.45, 2.75) is 26.2 Å². The number of carboxylic acid groups (broad SMARTS) is 1. The summed E-state index contributed by atoms with van der Waals surface area (Å²) < 4.78 is 0. The van der Waals surface area contributed by atoms with Gasteiger partial charge in [0, 0.05) is 13.1 Å². The summed E-state index contributed by atoms with van der Waals surface area (Å²) in [6.45, 7) is 5.00. The maximum absolute atomic E-state index is 12.3. The zero-order chi connectivity index (χ0) is 13.3. The van der Waals surface area contributed by atoms with Gasteiger partial charge in [0.2, 0.25) is 0 Å². The van der Waals surface area contributed by atoms with Crippen LogP contribution < -0.4 is 0 Å². The highest BCUT2D eigenvalue weighted by Gasteiger charge is 2.32. The molecule has 1 N–H and O–H groups in total. The molecular weight excluding hydrogens is 250 g/mol. The molecule has 1 aliphatic rings. The largest absolute Gasteiger partial charge is 0.481 e. The molecule has 1 atom stereocenters. The molecule has 0 unspecified atom stereocenters. The number of hydrogen-bond acceptors (Lipinski definition) is 3. The van der Waals surface area contributed by atoms with E-state index in [1.807, 2.05) is 11.4 Å². The normalized spacial score (nSPS) is 19.5. The Balaban J connectivity index is 2.13. The van der Waals surface area contributed by atoms with Crippen molar-refractivity contribution in [1.29, 1.82) is 0 Å². The van der Waals surface area contributed by atoms with Gasteiger partial charge in [-0.15, -0.1) is 11.3 Å². The van der Waals surface area contributed by atoms with Gasteiger partial charge in [-0.2, -0.15) is 0 Å². The minimum absolute atomic E-state index is 0.0162. The van der Waals surface area contributed by atoms with E-state index in [4.69, 9.17) is 5.11 Å². The molecular formula is C13H17NO3S. The summed E-state index contributed by atoms with van der Waals surface area (Å²) in [5, 5.41) is 10.9. The van der Waals surface area contributed by atoms with Crippen LogP contribution in [0.15, 0.2) is 11.4 Å². The molecule has 0 aliphatic carbocycles. The number of nitrogens with zero attached hydrogens (tertiary/aromatic N) is 1. The van der Waals surface area contributed by atoms with Crippen LogP contribution >= 0.6 is 11.3 Å². The third-order valence-corrected chi connectivity index (χ3v) is 4.25. The Morgan fingerprint density at radius 1 is 1.50 bits per heavy atom. The SMILES string of the molecule is CC(C)c1ccsc1C(=O)N1CC[C@@H](C(=O)O)C1. The van der Waals surface area contributed by atoms with Crippen LogP contribution in [0.1, 0.15) is 41.4 Å². The fourth-order valence-electron chi connectivity index (χ4n) is 2.24. The highest BCUT2D eigenvalue weighted by molar-refractivity contribution is 7.12. The zero-order valence-electron chi connectivity index (χ0n) is 10.5. The van der Waals surface area contributed by atoms with Crippen LogP contribution in [0.25, 0.3) is 0 Å². The third-order valence-electron chi connectivity index (χ3n) is 3.34. The molecule has 1 aliphatic heterocycles. The topological polar surface area (TPSA) is 57.6 Å². The first kappa shape index (κ1) is 13.1. The van der Waals surface area contributed by atoms with Crippen molar-refractivity contribution >= 4 is 23.2 Å². The molecule has 1 saturated heterocycles. The Morgan fingerprint density at radius 3 is 2.78 bits per heavy atom. The van der Waals surface area contributed by atoms with Crippen LogP contribution in [0.2, 0.25) is 0 Å². The number of carboxylic acids is 1. The summed E-state index contributed by atoms with van der Waals surface area (Å²) >= 11 is 1.44. The van der Waals surface area contributed by atoms with Crippen molar-refractivity contribution in [3.05, 3.63) is 21.9 Å². The van der Waals surface area contributed by atoms with Crippen LogP contribution in [0.4, 0.5) is 0 Å². The lowest BCUT2D eigenvalue weighted by atomic mass is 10.0.